The molecule has 1 aromatic rings. The molecule has 0 bridgehead atoms. The molecule has 1 saturated heterocycles. The Morgan fingerprint density at radius 2 is 2.42 bits per heavy atom. The Morgan fingerprint density at radius 3 is 3.00 bits per heavy atom. The standard InChI is InChI=1S/C14H24N4O/c1-10-7-11(2)18(17-10)9-14(19)16-12(3)13-5-4-6-15-8-13/h7,12-13,15H,4-6,8-9H2,1-3H3,(H,16,19). The molecule has 2 unspecified atom stereocenters. The number of carbonyl (C=O) groups is 1. The highest BCUT2D eigenvalue weighted by Gasteiger charge is 2.21. The van der Waals surface area contributed by atoms with Crippen molar-refractivity contribution < 1.29 is 4.79 Å². The molecular formula is C14H24N4O. The zero-order chi connectivity index (χ0) is 13.8. The van der Waals surface area contributed by atoms with Crippen LogP contribution in [-0.4, -0.2) is 34.8 Å². The van der Waals surface area contributed by atoms with Crippen molar-refractivity contribution in [3.63, 3.8) is 0 Å². The summed E-state index contributed by atoms with van der Waals surface area (Å²) in [5.41, 5.74) is 1.98. The van der Waals surface area contributed by atoms with Gasteiger partial charge in [-0.3, -0.25) is 9.48 Å². The fraction of sp³-hybridized carbons (Fsp3) is 0.714. The lowest BCUT2D eigenvalue weighted by atomic mass is 9.93. The lowest BCUT2D eigenvalue weighted by Gasteiger charge is -2.29. The highest BCUT2D eigenvalue weighted by atomic mass is 16.2. The van der Waals surface area contributed by atoms with Crippen LogP contribution in [-0.2, 0) is 11.3 Å². The number of aromatic nitrogens is 2. The molecule has 0 saturated carbocycles. The molecule has 2 heterocycles. The van der Waals surface area contributed by atoms with Crippen LogP contribution < -0.4 is 10.6 Å². The molecule has 1 aromatic heterocycles. The summed E-state index contributed by atoms with van der Waals surface area (Å²) in [6.07, 6.45) is 2.39. The predicted molar refractivity (Wildman–Crippen MR) is 74.9 cm³/mol. The fourth-order valence-corrected chi connectivity index (χ4v) is 2.69. The molecule has 1 fully saturated rings. The van der Waals surface area contributed by atoms with Gasteiger partial charge < -0.3 is 10.6 Å². The Morgan fingerprint density at radius 1 is 1.63 bits per heavy atom. The van der Waals surface area contributed by atoms with E-state index < -0.39 is 0 Å². The number of rotatable bonds is 4. The molecule has 2 atom stereocenters. The first kappa shape index (κ1) is 14.1. The van der Waals surface area contributed by atoms with Crippen LogP contribution in [0.3, 0.4) is 0 Å². The zero-order valence-electron chi connectivity index (χ0n) is 12.1. The van der Waals surface area contributed by atoms with Crippen molar-refractivity contribution >= 4 is 5.91 Å². The molecular weight excluding hydrogens is 240 g/mol. The van der Waals surface area contributed by atoms with Crippen molar-refractivity contribution in [2.24, 2.45) is 5.92 Å². The lowest BCUT2D eigenvalue weighted by molar-refractivity contribution is -0.122. The summed E-state index contributed by atoms with van der Waals surface area (Å²) in [6, 6.07) is 2.21. The van der Waals surface area contributed by atoms with Crippen LogP contribution in [0.2, 0.25) is 0 Å². The van der Waals surface area contributed by atoms with Gasteiger partial charge in [-0.25, -0.2) is 0 Å². The van der Waals surface area contributed by atoms with E-state index in [1.165, 1.54) is 12.8 Å². The van der Waals surface area contributed by atoms with E-state index in [1.54, 1.807) is 4.68 Å². The summed E-state index contributed by atoms with van der Waals surface area (Å²) in [7, 11) is 0. The number of nitrogens with zero attached hydrogens (tertiary/aromatic N) is 2. The second-order valence-corrected chi connectivity index (χ2v) is 5.55. The highest BCUT2D eigenvalue weighted by molar-refractivity contribution is 5.76. The number of hydrogen-bond acceptors (Lipinski definition) is 3. The number of piperidine rings is 1. The van der Waals surface area contributed by atoms with Crippen molar-refractivity contribution in [3.05, 3.63) is 17.5 Å². The molecule has 2 rings (SSSR count). The molecule has 0 radical (unpaired) electrons. The second kappa shape index (κ2) is 6.19. The van der Waals surface area contributed by atoms with Crippen LogP contribution in [0.4, 0.5) is 0 Å². The number of carbonyl (C=O) groups excluding carboxylic acids is 1. The smallest absolute Gasteiger partial charge is 0.241 e. The van der Waals surface area contributed by atoms with Crippen molar-refractivity contribution in [1.29, 1.82) is 0 Å². The molecule has 0 spiro atoms. The summed E-state index contributed by atoms with van der Waals surface area (Å²) >= 11 is 0. The molecule has 5 nitrogen and oxygen atoms in total. The SMILES string of the molecule is Cc1cc(C)n(CC(=O)NC(C)C2CCCNC2)n1. The van der Waals surface area contributed by atoms with Gasteiger partial charge in [0.25, 0.3) is 0 Å². The first-order valence-corrected chi connectivity index (χ1v) is 7.07. The monoisotopic (exact) mass is 264 g/mol. The third-order valence-corrected chi connectivity index (χ3v) is 3.83. The second-order valence-electron chi connectivity index (χ2n) is 5.55. The van der Waals surface area contributed by atoms with Gasteiger partial charge in [-0.15, -0.1) is 0 Å². The van der Waals surface area contributed by atoms with Gasteiger partial charge in [0, 0.05) is 11.7 Å². The lowest BCUT2D eigenvalue weighted by Crippen LogP contribution is -2.45. The quantitative estimate of drug-likeness (QED) is 0.853. The maximum atomic E-state index is 12.0. The summed E-state index contributed by atoms with van der Waals surface area (Å²) < 4.78 is 1.76. The Labute approximate surface area is 114 Å². The Kier molecular flexibility index (Phi) is 4.58. The fourth-order valence-electron chi connectivity index (χ4n) is 2.69. The number of aryl methyl sites for hydroxylation is 2. The van der Waals surface area contributed by atoms with Gasteiger partial charge in [-0.1, -0.05) is 0 Å². The van der Waals surface area contributed by atoms with Crippen LogP contribution in [0, 0.1) is 19.8 Å². The van der Waals surface area contributed by atoms with Gasteiger partial charge in [-0.2, -0.15) is 5.10 Å². The first-order chi connectivity index (χ1) is 9.06. The molecule has 1 amide bonds. The Hall–Kier alpha value is -1.36. The van der Waals surface area contributed by atoms with Gasteiger partial charge in [0.05, 0.1) is 5.69 Å². The van der Waals surface area contributed by atoms with E-state index >= 15 is 0 Å². The normalized spacial score (nSPS) is 21.1. The van der Waals surface area contributed by atoms with E-state index in [2.05, 4.69) is 22.7 Å². The van der Waals surface area contributed by atoms with E-state index in [9.17, 15) is 4.79 Å². The van der Waals surface area contributed by atoms with E-state index in [0.29, 0.717) is 12.5 Å². The largest absolute Gasteiger partial charge is 0.352 e. The average Bonchev–Trinajstić information content (AvgIpc) is 2.68. The summed E-state index contributed by atoms with van der Waals surface area (Å²) in [5.74, 6) is 0.586. The molecule has 5 heteroatoms. The van der Waals surface area contributed by atoms with Crippen molar-refractivity contribution in [1.82, 2.24) is 20.4 Å². The van der Waals surface area contributed by atoms with Crippen LogP contribution in [0.15, 0.2) is 6.07 Å². The zero-order valence-corrected chi connectivity index (χ0v) is 12.1. The first-order valence-electron chi connectivity index (χ1n) is 7.07. The Bertz CT molecular complexity index is 435. The van der Waals surface area contributed by atoms with Crippen LogP contribution in [0.5, 0.6) is 0 Å². The van der Waals surface area contributed by atoms with E-state index in [4.69, 9.17) is 0 Å². The summed E-state index contributed by atoms with van der Waals surface area (Å²) in [6.45, 7) is 8.42. The van der Waals surface area contributed by atoms with Crippen LogP contribution >= 0.6 is 0 Å². The van der Waals surface area contributed by atoms with Gasteiger partial charge in [0.1, 0.15) is 6.54 Å². The molecule has 19 heavy (non-hydrogen) atoms. The van der Waals surface area contributed by atoms with Crippen molar-refractivity contribution in [3.8, 4) is 0 Å². The minimum Gasteiger partial charge on any atom is -0.352 e. The maximum absolute atomic E-state index is 12.0. The number of amides is 1. The topological polar surface area (TPSA) is 59.0 Å². The number of hydrogen-bond donors (Lipinski definition) is 2. The minimum absolute atomic E-state index is 0.0456. The van der Waals surface area contributed by atoms with E-state index in [0.717, 1.165) is 24.5 Å². The van der Waals surface area contributed by atoms with Crippen molar-refractivity contribution in [2.45, 2.75) is 46.2 Å². The maximum Gasteiger partial charge on any atom is 0.241 e. The summed E-state index contributed by atoms with van der Waals surface area (Å²) in [5, 5.41) is 10.8. The third kappa shape index (κ3) is 3.80. The molecule has 1 aliphatic heterocycles. The van der Waals surface area contributed by atoms with Gasteiger partial charge >= 0.3 is 0 Å². The highest BCUT2D eigenvalue weighted by Crippen LogP contribution is 2.14. The van der Waals surface area contributed by atoms with Crippen molar-refractivity contribution in [2.75, 3.05) is 13.1 Å². The molecule has 2 N–H and O–H groups in total. The Balaban J connectivity index is 1.85. The molecule has 0 aromatic carbocycles. The minimum atomic E-state index is 0.0456. The average molecular weight is 264 g/mol. The number of nitrogens with one attached hydrogen (secondary N) is 2. The summed E-state index contributed by atoms with van der Waals surface area (Å²) in [4.78, 5) is 12.0. The molecule has 106 valence electrons. The third-order valence-electron chi connectivity index (χ3n) is 3.83. The predicted octanol–water partition coefficient (Wildman–Crippen LogP) is 1.00. The van der Waals surface area contributed by atoms with Gasteiger partial charge in [0.15, 0.2) is 0 Å². The van der Waals surface area contributed by atoms with E-state index in [-0.39, 0.29) is 11.9 Å². The van der Waals surface area contributed by atoms with Crippen LogP contribution in [0.1, 0.15) is 31.2 Å². The van der Waals surface area contributed by atoms with Crippen LogP contribution in [0.25, 0.3) is 0 Å². The molecule has 1 aliphatic rings. The molecule has 0 aliphatic carbocycles. The van der Waals surface area contributed by atoms with Gasteiger partial charge in [-0.05, 0) is 58.7 Å². The van der Waals surface area contributed by atoms with Gasteiger partial charge in [0.2, 0.25) is 5.91 Å². The van der Waals surface area contributed by atoms with E-state index in [1.807, 2.05) is 19.9 Å².